The van der Waals surface area contributed by atoms with Crippen molar-refractivity contribution in [3.05, 3.63) is 63.0 Å². The molecule has 0 saturated carbocycles. The number of carbonyl (C=O) groups excluding carboxylic acids is 1. The Balaban J connectivity index is 1.94. The molecular formula is C17H11N2O5S2-. The Morgan fingerprint density at radius 3 is 2.54 bits per heavy atom. The van der Waals surface area contributed by atoms with Crippen LogP contribution in [0, 0.1) is 10.1 Å². The van der Waals surface area contributed by atoms with Crippen molar-refractivity contribution in [2.75, 3.05) is 12.0 Å². The van der Waals surface area contributed by atoms with E-state index in [9.17, 15) is 20.0 Å². The summed E-state index contributed by atoms with van der Waals surface area (Å²) in [4.78, 5) is 24.5. The Kier molecular flexibility index (Phi) is 4.92. The lowest BCUT2D eigenvalue weighted by atomic mass is 10.1. The van der Waals surface area contributed by atoms with Crippen LogP contribution in [0.5, 0.6) is 11.5 Å². The number of methoxy groups -OCH3 is 1. The Labute approximate surface area is 158 Å². The van der Waals surface area contributed by atoms with Gasteiger partial charge in [-0.05, 0) is 35.9 Å². The highest BCUT2D eigenvalue weighted by Crippen LogP contribution is 2.37. The quantitative estimate of drug-likeness (QED) is 0.344. The molecule has 132 valence electrons. The Bertz CT molecular complexity index is 941. The molecule has 0 unspecified atom stereocenters. The van der Waals surface area contributed by atoms with Gasteiger partial charge < -0.3 is 9.84 Å². The zero-order valence-electron chi connectivity index (χ0n) is 13.4. The fraction of sp³-hybridized carbons (Fsp3) is 0.0588. The predicted octanol–water partition coefficient (Wildman–Crippen LogP) is 3.08. The Morgan fingerprint density at radius 1 is 1.23 bits per heavy atom. The zero-order valence-corrected chi connectivity index (χ0v) is 15.0. The first-order valence-corrected chi connectivity index (χ1v) is 8.50. The van der Waals surface area contributed by atoms with Crippen LogP contribution in [0.3, 0.4) is 0 Å². The zero-order chi connectivity index (χ0) is 18.8. The first-order chi connectivity index (χ1) is 12.4. The number of ether oxygens (including phenoxy) is 1. The predicted molar refractivity (Wildman–Crippen MR) is 101 cm³/mol. The fourth-order valence-corrected chi connectivity index (χ4v) is 3.61. The molecule has 7 nitrogen and oxygen atoms in total. The van der Waals surface area contributed by atoms with Gasteiger partial charge in [0.15, 0.2) is 4.32 Å². The highest BCUT2D eigenvalue weighted by molar-refractivity contribution is 8.27. The van der Waals surface area contributed by atoms with Gasteiger partial charge >= 0.3 is 0 Å². The van der Waals surface area contributed by atoms with Crippen molar-refractivity contribution >= 4 is 51.7 Å². The van der Waals surface area contributed by atoms with E-state index in [-0.39, 0.29) is 16.2 Å². The standard InChI is InChI=1S/C17H12N2O5S2/c1-24-13-5-2-11(3-6-13)18-16(21)15(26-17(18)25)9-10-8-12(19(22)23)4-7-14(10)20/h2-9,20H,1H3/p-1. The first-order valence-electron chi connectivity index (χ1n) is 7.28. The van der Waals surface area contributed by atoms with E-state index in [0.717, 1.165) is 30.0 Å². The van der Waals surface area contributed by atoms with Gasteiger partial charge in [0, 0.05) is 12.1 Å². The number of nitro groups is 1. The second-order valence-corrected chi connectivity index (χ2v) is 6.87. The summed E-state index contributed by atoms with van der Waals surface area (Å²) in [5.74, 6) is -0.163. The lowest BCUT2D eigenvalue weighted by molar-refractivity contribution is -0.385. The molecule has 0 radical (unpaired) electrons. The normalized spacial score (nSPS) is 15.6. The van der Waals surface area contributed by atoms with Crippen LogP contribution in [0.25, 0.3) is 6.08 Å². The maximum Gasteiger partial charge on any atom is 0.270 e. The molecule has 0 aromatic heterocycles. The number of amides is 1. The van der Waals surface area contributed by atoms with Crippen molar-refractivity contribution < 1.29 is 19.6 Å². The van der Waals surface area contributed by atoms with Gasteiger partial charge in [0.1, 0.15) is 5.75 Å². The number of nitrogens with zero attached hydrogens (tertiary/aromatic N) is 2. The fourth-order valence-electron chi connectivity index (χ4n) is 2.33. The molecule has 1 amide bonds. The van der Waals surface area contributed by atoms with Gasteiger partial charge in [0.2, 0.25) is 0 Å². The minimum Gasteiger partial charge on any atom is -0.872 e. The highest BCUT2D eigenvalue weighted by Gasteiger charge is 2.33. The molecule has 2 aromatic rings. The van der Waals surface area contributed by atoms with E-state index in [1.54, 1.807) is 24.3 Å². The van der Waals surface area contributed by atoms with Gasteiger partial charge in [-0.25, -0.2) is 0 Å². The van der Waals surface area contributed by atoms with Crippen LogP contribution in [0.4, 0.5) is 11.4 Å². The number of hydrogen-bond donors (Lipinski definition) is 0. The second-order valence-electron chi connectivity index (χ2n) is 5.19. The molecule has 0 atom stereocenters. The van der Waals surface area contributed by atoms with Gasteiger partial charge in [-0.1, -0.05) is 30.0 Å². The number of nitro benzene ring substituents is 1. The van der Waals surface area contributed by atoms with Crippen molar-refractivity contribution in [2.45, 2.75) is 0 Å². The summed E-state index contributed by atoms with van der Waals surface area (Å²) in [6.45, 7) is 0. The summed E-state index contributed by atoms with van der Waals surface area (Å²) in [5.41, 5.74) is 0.411. The van der Waals surface area contributed by atoms with Gasteiger partial charge in [0.25, 0.3) is 11.6 Å². The molecule has 9 heteroatoms. The van der Waals surface area contributed by atoms with E-state index in [0.29, 0.717) is 15.8 Å². The molecule has 1 aliphatic rings. The van der Waals surface area contributed by atoms with E-state index in [2.05, 4.69) is 0 Å². The van der Waals surface area contributed by atoms with Crippen LogP contribution in [0.1, 0.15) is 5.56 Å². The topological polar surface area (TPSA) is 95.7 Å². The SMILES string of the molecule is COc1ccc(N2C(=O)C(=Cc3cc([N+](=O)[O-])ccc3[O-])SC2=S)cc1. The summed E-state index contributed by atoms with van der Waals surface area (Å²) < 4.78 is 5.40. The molecule has 0 N–H and O–H groups in total. The largest absolute Gasteiger partial charge is 0.872 e. The molecule has 0 aliphatic carbocycles. The van der Waals surface area contributed by atoms with Crippen LogP contribution in [-0.2, 0) is 4.79 Å². The summed E-state index contributed by atoms with van der Waals surface area (Å²) >= 11 is 6.30. The monoisotopic (exact) mass is 387 g/mol. The van der Waals surface area contributed by atoms with E-state index in [1.807, 2.05) is 0 Å². The molecule has 1 heterocycles. The van der Waals surface area contributed by atoms with E-state index in [1.165, 1.54) is 18.1 Å². The molecule has 1 fully saturated rings. The van der Waals surface area contributed by atoms with Crippen molar-refractivity contribution in [2.24, 2.45) is 0 Å². The van der Waals surface area contributed by atoms with Gasteiger partial charge in [-0.15, -0.1) is 5.75 Å². The summed E-state index contributed by atoms with van der Waals surface area (Å²) in [7, 11) is 1.54. The van der Waals surface area contributed by atoms with Crippen molar-refractivity contribution in [3.63, 3.8) is 0 Å². The molecule has 26 heavy (non-hydrogen) atoms. The van der Waals surface area contributed by atoms with E-state index < -0.39 is 16.6 Å². The number of hydrogen-bond acceptors (Lipinski definition) is 7. The molecule has 2 aromatic carbocycles. The van der Waals surface area contributed by atoms with Gasteiger partial charge in [-0.2, -0.15) is 0 Å². The number of anilines is 1. The van der Waals surface area contributed by atoms with Crippen LogP contribution in [0.2, 0.25) is 0 Å². The van der Waals surface area contributed by atoms with Gasteiger partial charge in [-0.3, -0.25) is 19.8 Å². The lowest BCUT2D eigenvalue weighted by Gasteiger charge is -2.15. The van der Waals surface area contributed by atoms with E-state index in [4.69, 9.17) is 17.0 Å². The van der Waals surface area contributed by atoms with Crippen LogP contribution in [-0.4, -0.2) is 22.3 Å². The van der Waals surface area contributed by atoms with Crippen molar-refractivity contribution in [3.8, 4) is 11.5 Å². The molecule has 1 aliphatic heterocycles. The summed E-state index contributed by atoms with van der Waals surface area (Å²) in [5, 5.41) is 22.8. The number of thiocarbonyl (C=S) groups is 1. The highest BCUT2D eigenvalue weighted by atomic mass is 32.2. The Morgan fingerprint density at radius 2 is 1.92 bits per heavy atom. The average molecular weight is 387 g/mol. The molecular weight excluding hydrogens is 376 g/mol. The lowest BCUT2D eigenvalue weighted by Crippen LogP contribution is -2.27. The minimum absolute atomic E-state index is 0.0643. The molecule has 1 saturated heterocycles. The summed E-state index contributed by atoms with van der Waals surface area (Å²) in [6.07, 6.45) is 1.33. The van der Waals surface area contributed by atoms with Gasteiger partial charge in [0.05, 0.1) is 22.6 Å². The smallest absolute Gasteiger partial charge is 0.270 e. The van der Waals surface area contributed by atoms with Crippen LogP contribution >= 0.6 is 24.0 Å². The number of rotatable bonds is 4. The number of benzene rings is 2. The van der Waals surface area contributed by atoms with Crippen molar-refractivity contribution in [1.82, 2.24) is 0 Å². The van der Waals surface area contributed by atoms with E-state index >= 15 is 0 Å². The third-order valence-electron chi connectivity index (χ3n) is 3.62. The first kappa shape index (κ1) is 17.9. The molecule has 0 spiro atoms. The second kappa shape index (κ2) is 7.14. The minimum atomic E-state index is -0.598. The molecule has 3 rings (SSSR count). The maximum absolute atomic E-state index is 12.7. The maximum atomic E-state index is 12.7. The third kappa shape index (κ3) is 3.39. The molecule has 0 bridgehead atoms. The van der Waals surface area contributed by atoms with Crippen molar-refractivity contribution in [1.29, 1.82) is 0 Å². The van der Waals surface area contributed by atoms with Crippen LogP contribution < -0.4 is 14.7 Å². The Hall–Kier alpha value is -2.91. The number of carbonyl (C=O) groups is 1. The van der Waals surface area contributed by atoms with Crippen LogP contribution in [0.15, 0.2) is 47.4 Å². The number of thioether (sulfide) groups is 1. The number of non-ortho nitro benzene ring substituents is 1. The summed E-state index contributed by atoms with van der Waals surface area (Å²) in [6, 6.07) is 10.2. The average Bonchev–Trinajstić information content (AvgIpc) is 2.90. The third-order valence-corrected chi connectivity index (χ3v) is 4.92.